The average Bonchev–Trinajstić information content (AvgIpc) is 2.27. The van der Waals surface area contributed by atoms with E-state index in [2.05, 4.69) is 13.8 Å². The van der Waals surface area contributed by atoms with Crippen molar-refractivity contribution in [1.29, 1.82) is 0 Å². The standard InChI is InChI=1S/C13H20N2O/c1-10(2)9-15(3)13(16)12(14)11-7-5-4-6-8-11/h4-8,10,12H,9,14H2,1-3H3/t12-/m1/s1. The van der Waals surface area contributed by atoms with E-state index in [1.165, 1.54) is 0 Å². The van der Waals surface area contributed by atoms with Gasteiger partial charge in [0.2, 0.25) is 5.91 Å². The van der Waals surface area contributed by atoms with Gasteiger partial charge in [-0.1, -0.05) is 44.2 Å². The topological polar surface area (TPSA) is 46.3 Å². The molecule has 1 atom stereocenters. The molecule has 0 aromatic heterocycles. The van der Waals surface area contributed by atoms with E-state index in [-0.39, 0.29) is 5.91 Å². The van der Waals surface area contributed by atoms with Crippen LogP contribution in [0.1, 0.15) is 25.5 Å². The first kappa shape index (κ1) is 12.7. The SMILES string of the molecule is CC(C)CN(C)C(=O)[C@H](N)c1ccccc1. The van der Waals surface area contributed by atoms with Gasteiger partial charge in [-0.25, -0.2) is 0 Å². The minimum atomic E-state index is -0.551. The van der Waals surface area contributed by atoms with E-state index < -0.39 is 6.04 Å². The van der Waals surface area contributed by atoms with Crippen molar-refractivity contribution in [2.45, 2.75) is 19.9 Å². The zero-order valence-electron chi connectivity index (χ0n) is 10.2. The van der Waals surface area contributed by atoms with Crippen LogP contribution in [0.2, 0.25) is 0 Å². The molecule has 0 aliphatic heterocycles. The van der Waals surface area contributed by atoms with E-state index >= 15 is 0 Å². The Morgan fingerprint density at radius 3 is 2.38 bits per heavy atom. The minimum absolute atomic E-state index is 0.0279. The third-order valence-corrected chi connectivity index (χ3v) is 2.44. The maximum absolute atomic E-state index is 12.0. The summed E-state index contributed by atoms with van der Waals surface area (Å²) in [6.45, 7) is 4.90. The molecule has 1 amide bonds. The first-order chi connectivity index (χ1) is 7.52. The first-order valence-electron chi connectivity index (χ1n) is 5.58. The summed E-state index contributed by atoms with van der Waals surface area (Å²) >= 11 is 0. The summed E-state index contributed by atoms with van der Waals surface area (Å²) in [6, 6.07) is 8.91. The highest BCUT2D eigenvalue weighted by molar-refractivity contribution is 5.82. The molecule has 0 radical (unpaired) electrons. The number of nitrogens with two attached hydrogens (primary N) is 1. The van der Waals surface area contributed by atoms with Crippen molar-refractivity contribution < 1.29 is 4.79 Å². The summed E-state index contributed by atoms with van der Waals surface area (Å²) in [5, 5.41) is 0. The van der Waals surface area contributed by atoms with E-state index in [4.69, 9.17) is 5.73 Å². The predicted molar refractivity (Wildman–Crippen MR) is 65.8 cm³/mol. The fourth-order valence-electron chi connectivity index (χ4n) is 1.68. The zero-order chi connectivity index (χ0) is 12.1. The molecule has 1 aromatic rings. The molecule has 0 spiro atoms. The molecule has 3 heteroatoms. The second kappa shape index (κ2) is 5.66. The smallest absolute Gasteiger partial charge is 0.243 e. The number of benzene rings is 1. The van der Waals surface area contributed by atoms with Gasteiger partial charge in [-0.05, 0) is 11.5 Å². The number of hydrogen-bond donors (Lipinski definition) is 1. The molecule has 0 fully saturated rings. The van der Waals surface area contributed by atoms with Crippen LogP contribution in [0.4, 0.5) is 0 Å². The lowest BCUT2D eigenvalue weighted by atomic mass is 10.1. The van der Waals surface area contributed by atoms with Crippen LogP contribution in [-0.2, 0) is 4.79 Å². The lowest BCUT2D eigenvalue weighted by Crippen LogP contribution is -2.37. The fourth-order valence-corrected chi connectivity index (χ4v) is 1.68. The molecular weight excluding hydrogens is 200 g/mol. The lowest BCUT2D eigenvalue weighted by molar-refractivity contribution is -0.131. The van der Waals surface area contributed by atoms with E-state index in [1.807, 2.05) is 30.3 Å². The number of carbonyl (C=O) groups excluding carboxylic acids is 1. The van der Waals surface area contributed by atoms with Crippen LogP contribution < -0.4 is 5.73 Å². The van der Waals surface area contributed by atoms with Crippen LogP contribution in [-0.4, -0.2) is 24.4 Å². The van der Waals surface area contributed by atoms with Gasteiger partial charge in [-0.15, -0.1) is 0 Å². The molecule has 0 saturated heterocycles. The molecule has 1 rings (SSSR count). The molecule has 0 aliphatic rings. The summed E-state index contributed by atoms with van der Waals surface area (Å²) < 4.78 is 0. The van der Waals surface area contributed by atoms with Gasteiger partial charge in [0.15, 0.2) is 0 Å². The van der Waals surface area contributed by atoms with E-state index in [1.54, 1.807) is 11.9 Å². The molecule has 1 aromatic carbocycles. The largest absolute Gasteiger partial charge is 0.344 e. The summed E-state index contributed by atoms with van der Waals surface area (Å²) in [6.07, 6.45) is 0. The average molecular weight is 220 g/mol. The minimum Gasteiger partial charge on any atom is -0.344 e. The number of nitrogens with zero attached hydrogens (tertiary/aromatic N) is 1. The van der Waals surface area contributed by atoms with Crippen LogP contribution in [0.15, 0.2) is 30.3 Å². The van der Waals surface area contributed by atoms with Crippen molar-refractivity contribution in [3.8, 4) is 0 Å². The van der Waals surface area contributed by atoms with Crippen molar-refractivity contribution in [1.82, 2.24) is 4.90 Å². The van der Waals surface area contributed by atoms with Crippen molar-refractivity contribution >= 4 is 5.91 Å². The monoisotopic (exact) mass is 220 g/mol. The van der Waals surface area contributed by atoms with Crippen molar-refractivity contribution in [3.63, 3.8) is 0 Å². The molecule has 0 heterocycles. The van der Waals surface area contributed by atoms with Gasteiger partial charge < -0.3 is 10.6 Å². The number of likely N-dealkylation sites (N-methyl/N-ethyl adjacent to an activating group) is 1. The second-order valence-corrected chi connectivity index (χ2v) is 4.50. The third kappa shape index (κ3) is 3.35. The number of amides is 1. The molecule has 0 aliphatic carbocycles. The molecule has 16 heavy (non-hydrogen) atoms. The predicted octanol–water partition coefficient (Wildman–Crippen LogP) is 1.80. The molecule has 3 nitrogen and oxygen atoms in total. The highest BCUT2D eigenvalue weighted by Gasteiger charge is 2.19. The van der Waals surface area contributed by atoms with Crippen molar-refractivity contribution in [3.05, 3.63) is 35.9 Å². The van der Waals surface area contributed by atoms with Gasteiger partial charge >= 0.3 is 0 Å². The van der Waals surface area contributed by atoms with Crippen molar-refractivity contribution in [2.24, 2.45) is 11.7 Å². The summed E-state index contributed by atoms with van der Waals surface area (Å²) in [4.78, 5) is 13.7. The Labute approximate surface area is 97.2 Å². The number of carbonyl (C=O) groups is 1. The van der Waals surface area contributed by atoms with Crippen LogP contribution in [0.3, 0.4) is 0 Å². The normalized spacial score (nSPS) is 12.6. The molecular formula is C13H20N2O. The summed E-state index contributed by atoms with van der Waals surface area (Å²) in [5.41, 5.74) is 6.79. The quantitative estimate of drug-likeness (QED) is 0.841. The van der Waals surface area contributed by atoms with Crippen molar-refractivity contribution in [2.75, 3.05) is 13.6 Å². The second-order valence-electron chi connectivity index (χ2n) is 4.50. The molecule has 2 N–H and O–H groups in total. The van der Waals surface area contributed by atoms with Gasteiger partial charge in [0, 0.05) is 13.6 Å². The fraction of sp³-hybridized carbons (Fsp3) is 0.462. The Bertz CT molecular complexity index is 335. The maximum Gasteiger partial charge on any atom is 0.243 e. The zero-order valence-corrected chi connectivity index (χ0v) is 10.2. The van der Waals surface area contributed by atoms with Crippen LogP contribution in [0, 0.1) is 5.92 Å². The Balaban J connectivity index is 2.67. The maximum atomic E-state index is 12.0. The van der Waals surface area contributed by atoms with Gasteiger partial charge in [0.25, 0.3) is 0 Å². The molecule has 0 bridgehead atoms. The van der Waals surface area contributed by atoms with Crippen LogP contribution in [0.5, 0.6) is 0 Å². The van der Waals surface area contributed by atoms with Gasteiger partial charge in [0.05, 0.1) is 0 Å². The number of rotatable bonds is 4. The van der Waals surface area contributed by atoms with Gasteiger partial charge in [0.1, 0.15) is 6.04 Å². The Kier molecular flexibility index (Phi) is 4.50. The highest BCUT2D eigenvalue weighted by atomic mass is 16.2. The first-order valence-corrected chi connectivity index (χ1v) is 5.58. The molecule has 0 saturated carbocycles. The van der Waals surface area contributed by atoms with Gasteiger partial charge in [-0.2, -0.15) is 0 Å². The summed E-state index contributed by atoms with van der Waals surface area (Å²) in [5.74, 6) is 0.428. The van der Waals surface area contributed by atoms with E-state index in [0.717, 1.165) is 12.1 Å². The Morgan fingerprint density at radius 1 is 1.31 bits per heavy atom. The lowest BCUT2D eigenvalue weighted by Gasteiger charge is -2.23. The summed E-state index contributed by atoms with van der Waals surface area (Å²) in [7, 11) is 1.80. The molecule has 88 valence electrons. The van der Waals surface area contributed by atoms with Gasteiger partial charge in [-0.3, -0.25) is 4.79 Å². The van der Waals surface area contributed by atoms with E-state index in [0.29, 0.717) is 5.92 Å². The Morgan fingerprint density at radius 2 is 1.88 bits per heavy atom. The van der Waals surface area contributed by atoms with Crippen LogP contribution >= 0.6 is 0 Å². The molecule has 0 unspecified atom stereocenters. The van der Waals surface area contributed by atoms with E-state index in [9.17, 15) is 4.79 Å². The van der Waals surface area contributed by atoms with Crippen LogP contribution in [0.25, 0.3) is 0 Å². The number of hydrogen-bond acceptors (Lipinski definition) is 2. The Hall–Kier alpha value is -1.35. The third-order valence-electron chi connectivity index (χ3n) is 2.44. The highest BCUT2D eigenvalue weighted by Crippen LogP contribution is 2.12.